The lowest BCUT2D eigenvalue weighted by atomic mass is 10.0. The van der Waals surface area contributed by atoms with Gasteiger partial charge in [0.2, 0.25) is 0 Å². The summed E-state index contributed by atoms with van der Waals surface area (Å²) < 4.78 is 9.75. The van der Waals surface area contributed by atoms with Gasteiger partial charge in [0.25, 0.3) is 0 Å². The Morgan fingerprint density at radius 2 is 2.21 bits per heavy atom. The van der Waals surface area contributed by atoms with E-state index in [1.165, 1.54) is 0 Å². The first kappa shape index (κ1) is 11.0. The van der Waals surface area contributed by atoms with Gasteiger partial charge in [-0.1, -0.05) is 0 Å². The van der Waals surface area contributed by atoms with Gasteiger partial charge < -0.3 is 14.6 Å². The van der Waals surface area contributed by atoms with Crippen molar-refractivity contribution in [1.82, 2.24) is 0 Å². The largest absolute Gasteiger partial charge is 0.465 e. The third kappa shape index (κ3) is 2.99. The number of rotatable bonds is 1. The average molecular weight is 202 g/mol. The van der Waals surface area contributed by atoms with Gasteiger partial charge in [0.05, 0.1) is 25.0 Å². The molecule has 1 N–H and O–H groups in total. The molecule has 0 radical (unpaired) electrons. The lowest BCUT2D eigenvalue weighted by molar-refractivity contribution is -0.150. The van der Waals surface area contributed by atoms with Crippen LogP contribution in [0.3, 0.4) is 0 Å². The molecule has 0 aromatic rings. The summed E-state index contributed by atoms with van der Waals surface area (Å²) in [5, 5.41) is 8.91. The van der Waals surface area contributed by atoms with Gasteiger partial charge in [-0.25, -0.2) is 0 Å². The van der Waals surface area contributed by atoms with Crippen LogP contribution in [0.1, 0.15) is 19.8 Å². The molecule has 5 nitrogen and oxygen atoms in total. The van der Waals surface area contributed by atoms with Crippen molar-refractivity contribution in [1.29, 1.82) is 0 Å². The molecule has 1 aliphatic rings. The fraction of sp³-hybridized carbons (Fsp3) is 0.778. The highest BCUT2D eigenvalue weighted by molar-refractivity contribution is 5.74. The maximum absolute atomic E-state index is 11.3. The van der Waals surface area contributed by atoms with Crippen LogP contribution in [0.25, 0.3) is 0 Å². The van der Waals surface area contributed by atoms with Crippen molar-refractivity contribution in [3.8, 4) is 0 Å². The van der Waals surface area contributed by atoms with E-state index < -0.39 is 11.9 Å². The fourth-order valence-electron chi connectivity index (χ4n) is 1.33. The smallest absolute Gasteiger partial charge is 0.311 e. The highest BCUT2D eigenvalue weighted by Crippen LogP contribution is 2.14. The summed E-state index contributed by atoms with van der Waals surface area (Å²) in [6.45, 7) is 1.45. The van der Waals surface area contributed by atoms with Gasteiger partial charge in [-0.05, 0) is 13.3 Å². The number of hydrogen-bond acceptors (Lipinski definition) is 5. The molecule has 5 heteroatoms. The van der Waals surface area contributed by atoms with Crippen LogP contribution in [0.2, 0.25) is 0 Å². The van der Waals surface area contributed by atoms with Crippen LogP contribution >= 0.6 is 0 Å². The average Bonchev–Trinajstić information content (AvgIpc) is 2.17. The van der Waals surface area contributed by atoms with E-state index >= 15 is 0 Å². The lowest BCUT2D eigenvalue weighted by Gasteiger charge is -2.15. The van der Waals surface area contributed by atoms with Crippen molar-refractivity contribution in [2.45, 2.75) is 25.9 Å². The predicted molar refractivity (Wildman–Crippen MR) is 46.3 cm³/mol. The number of esters is 2. The number of carbonyl (C=O) groups is 2. The number of ether oxygens (including phenoxy) is 2. The molecule has 1 fully saturated rings. The summed E-state index contributed by atoms with van der Waals surface area (Å²) in [5.74, 6) is -1.42. The van der Waals surface area contributed by atoms with Crippen LogP contribution in [-0.2, 0) is 19.1 Å². The number of hydrogen-bond donors (Lipinski definition) is 1. The molecule has 1 saturated heterocycles. The van der Waals surface area contributed by atoms with E-state index in [0.29, 0.717) is 6.42 Å². The SMILES string of the molecule is CC1CC(CO)C(=O)OCCC(=O)O1. The quantitative estimate of drug-likeness (QED) is 0.599. The second kappa shape index (κ2) is 4.95. The van der Waals surface area contributed by atoms with Gasteiger partial charge >= 0.3 is 11.9 Å². The van der Waals surface area contributed by atoms with Gasteiger partial charge in [0.1, 0.15) is 6.61 Å². The lowest BCUT2D eigenvalue weighted by Crippen LogP contribution is -2.25. The molecule has 14 heavy (non-hydrogen) atoms. The van der Waals surface area contributed by atoms with Crippen molar-refractivity contribution in [3.05, 3.63) is 0 Å². The second-order valence-corrected chi connectivity index (χ2v) is 3.33. The van der Waals surface area contributed by atoms with Crippen LogP contribution in [0.15, 0.2) is 0 Å². The molecule has 0 bridgehead atoms. The zero-order chi connectivity index (χ0) is 10.6. The Labute approximate surface area is 82.0 Å². The van der Waals surface area contributed by atoms with E-state index in [0.717, 1.165) is 0 Å². The highest BCUT2D eigenvalue weighted by Gasteiger charge is 2.25. The normalized spacial score (nSPS) is 29.6. The topological polar surface area (TPSA) is 72.8 Å². The molecule has 2 atom stereocenters. The Bertz CT molecular complexity index is 225. The van der Waals surface area contributed by atoms with Crippen LogP contribution in [0.5, 0.6) is 0 Å². The standard InChI is InChI=1S/C9H14O5/c1-6-4-7(5-10)9(12)13-3-2-8(11)14-6/h6-7,10H,2-5H2,1H3. The molecule has 1 rings (SSSR count). The zero-order valence-electron chi connectivity index (χ0n) is 8.06. The molecule has 0 saturated carbocycles. The molecular formula is C9H14O5. The van der Waals surface area contributed by atoms with Crippen LogP contribution in [0.4, 0.5) is 0 Å². The first-order valence-corrected chi connectivity index (χ1v) is 4.60. The summed E-state index contributed by atoms with van der Waals surface area (Å²) in [7, 11) is 0. The van der Waals surface area contributed by atoms with Crippen LogP contribution in [0, 0.1) is 5.92 Å². The highest BCUT2D eigenvalue weighted by atomic mass is 16.6. The third-order valence-electron chi connectivity index (χ3n) is 2.05. The van der Waals surface area contributed by atoms with Gasteiger partial charge in [-0.2, -0.15) is 0 Å². The maximum atomic E-state index is 11.3. The Balaban J connectivity index is 2.63. The van der Waals surface area contributed by atoms with E-state index in [4.69, 9.17) is 14.6 Å². The van der Waals surface area contributed by atoms with Gasteiger partial charge in [-0.15, -0.1) is 0 Å². The molecule has 1 aliphatic heterocycles. The maximum Gasteiger partial charge on any atom is 0.311 e. The van der Waals surface area contributed by atoms with E-state index in [1.54, 1.807) is 6.92 Å². The van der Waals surface area contributed by atoms with Gasteiger partial charge in [0.15, 0.2) is 0 Å². The first-order chi connectivity index (χ1) is 6.63. The molecule has 0 amide bonds. The van der Waals surface area contributed by atoms with Crippen molar-refractivity contribution in [2.75, 3.05) is 13.2 Å². The van der Waals surface area contributed by atoms with Crippen LogP contribution < -0.4 is 0 Å². The molecule has 0 spiro atoms. The van der Waals surface area contributed by atoms with E-state index in [9.17, 15) is 9.59 Å². The molecule has 80 valence electrons. The molecular weight excluding hydrogens is 188 g/mol. The summed E-state index contributed by atoms with van der Waals surface area (Å²) in [4.78, 5) is 22.3. The minimum absolute atomic E-state index is 0.0287. The van der Waals surface area contributed by atoms with Gasteiger partial charge in [-0.3, -0.25) is 9.59 Å². The molecule has 0 aromatic heterocycles. The summed E-state index contributed by atoms with van der Waals surface area (Å²) in [6.07, 6.45) is 0.0280. The van der Waals surface area contributed by atoms with E-state index in [1.807, 2.05) is 0 Å². The number of carbonyl (C=O) groups excluding carboxylic acids is 2. The number of cyclic esters (lactones) is 2. The van der Waals surface area contributed by atoms with Crippen molar-refractivity contribution in [2.24, 2.45) is 5.92 Å². The summed E-state index contributed by atoms with van der Waals surface area (Å²) >= 11 is 0. The van der Waals surface area contributed by atoms with Gasteiger partial charge in [0, 0.05) is 0 Å². The van der Waals surface area contributed by atoms with E-state index in [-0.39, 0.29) is 31.7 Å². The number of aliphatic hydroxyl groups excluding tert-OH is 1. The Kier molecular flexibility index (Phi) is 3.88. The number of aliphatic hydroxyl groups is 1. The molecule has 0 aliphatic carbocycles. The Hall–Kier alpha value is -1.10. The fourth-order valence-corrected chi connectivity index (χ4v) is 1.33. The monoisotopic (exact) mass is 202 g/mol. The third-order valence-corrected chi connectivity index (χ3v) is 2.05. The molecule has 0 aromatic carbocycles. The van der Waals surface area contributed by atoms with Crippen molar-refractivity contribution < 1.29 is 24.2 Å². The summed E-state index contributed by atoms with van der Waals surface area (Å²) in [5.41, 5.74) is 0. The second-order valence-electron chi connectivity index (χ2n) is 3.33. The molecule has 1 heterocycles. The minimum Gasteiger partial charge on any atom is -0.465 e. The van der Waals surface area contributed by atoms with E-state index in [2.05, 4.69) is 0 Å². The predicted octanol–water partition coefficient (Wildman–Crippen LogP) is -0.136. The van der Waals surface area contributed by atoms with Crippen LogP contribution in [-0.4, -0.2) is 36.4 Å². The minimum atomic E-state index is -0.587. The van der Waals surface area contributed by atoms with Crippen molar-refractivity contribution in [3.63, 3.8) is 0 Å². The summed E-state index contributed by atoms with van der Waals surface area (Å²) in [6, 6.07) is 0. The van der Waals surface area contributed by atoms with Crippen molar-refractivity contribution >= 4 is 11.9 Å². The Morgan fingerprint density at radius 1 is 1.50 bits per heavy atom. The molecule has 2 unspecified atom stereocenters. The zero-order valence-corrected chi connectivity index (χ0v) is 8.06. The first-order valence-electron chi connectivity index (χ1n) is 4.60. The Morgan fingerprint density at radius 3 is 2.86 bits per heavy atom.